The van der Waals surface area contributed by atoms with Crippen molar-refractivity contribution in [2.24, 2.45) is 5.41 Å². The number of pyridine rings is 1. The van der Waals surface area contributed by atoms with Gasteiger partial charge in [0.1, 0.15) is 6.04 Å². The van der Waals surface area contributed by atoms with Crippen LogP contribution in [-0.4, -0.2) is 33.6 Å². The summed E-state index contributed by atoms with van der Waals surface area (Å²) >= 11 is 0. The topological polar surface area (TPSA) is 70.6 Å². The van der Waals surface area contributed by atoms with Crippen molar-refractivity contribution in [2.75, 3.05) is 4.90 Å². The number of imide groups is 1. The summed E-state index contributed by atoms with van der Waals surface area (Å²) in [5, 5.41) is 0. The van der Waals surface area contributed by atoms with Crippen molar-refractivity contribution in [3.05, 3.63) is 59.9 Å². The lowest BCUT2D eigenvalue weighted by molar-refractivity contribution is -0.140. The van der Waals surface area contributed by atoms with E-state index in [0.717, 1.165) is 11.1 Å². The molecular formula is C23H27N3O3. The number of nitrogens with zero attached hydrogens (tertiary/aromatic N) is 3. The third-order valence-electron chi connectivity index (χ3n) is 4.87. The van der Waals surface area contributed by atoms with E-state index in [2.05, 4.69) is 4.98 Å². The van der Waals surface area contributed by atoms with Gasteiger partial charge in [0.15, 0.2) is 0 Å². The van der Waals surface area contributed by atoms with Gasteiger partial charge in [-0.15, -0.1) is 0 Å². The maximum absolute atomic E-state index is 13.2. The van der Waals surface area contributed by atoms with Gasteiger partial charge in [-0.25, -0.2) is 4.90 Å². The van der Waals surface area contributed by atoms with Crippen molar-refractivity contribution in [3.8, 4) is 0 Å². The quantitative estimate of drug-likeness (QED) is 0.729. The monoisotopic (exact) mass is 393 g/mol. The van der Waals surface area contributed by atoms with Gasteiger partial charge in [-0.3, -0.25) is 19.4 Å². The second-order valence-electron chi connectivity index (χ2n) is 8.74. The fraction of sp³-hybridized carbons (Fsp3) is 0.391. The molecule has 0 spiro atoms. The molecule has 0 N–H and O–H groups in total. The molecular weight excluding hydrogens is 366 g/mol. The maximum Gasteiger partial charge on any atom is 0.257 e. The Morgan fingerprint density at radius 3 is 2.45 bits per heavy atom. The molecule has 2 heterocycles. The Balaban J connectivity index is 1.90. The fourth-order valence-electron chi connectivity index (χ4n) is 3.44. The molecule has 1 aliphatic heterocycles. The first kappa shape index (κ1) is 20.7. The Hall–Kier alpha value is -3.02. The molecule has 29 heavy (non-hydrogen) atoms. The van der Waals surface area contributed by atoms with Crippen molar-refractivity contribution < 1.29 is 14.4 Å². The lowest BCUT2D eigenvalue weighted by Crippen LogP contribution is -2.46. The van der Waals surface area contributed by atoms with Gasteiger partial charge < -0.3 is 4.90 Å². The van der Waals surface area contributed by atoms with E-state index in [0.29, 0.717) is 5.69 Å². The van der Waals surface area contributed by atoms with Crippen molar-refractivity contribution in [2.45, 2.75) is 53.1 Å². The van der Waals surface area contributed by atoms with Crippen LogP contribution >= 0.6 is 0 Å². The van der Waals surface area contributed by atoms with E-state index in [-0.39, 0.29) is 42.5 Å². The molecule has 0 saturated carbocycles. The van der Waals surface area contributed by atoms with Crippen molar-refractivity contribution in [1.82, 2.24) is 9.88 Å². The minimum absolute atomic E-state index is 0.0111. The summed E-state index contributed by atoms with van der Waals surface area (Å²) in [4.78, 5) is 45.9. The normalized spacial score (nSPS) is 17.0. The smallest absolute Gasteiger partial charge is 0.257 e. The van der Waals surface area contributed by atoms with Gasteiger partial charge in [0.2, 0.25) is 11.8 Å². The predicted octanol–water partition coefficient (Wildman–Crippen LogP) is 3.49. The molecule has 0 radical (unpaired) electrons. The Labute approximate surface area is 171 Å². The highest BCUT2D eigenvalue weighted by molar-refractivity contribution is 6.23. The standard InChI is InChI=1S/C23H27N3O3/c1-16-7-9-18(10-8-16)26-20(27)12-19(22(26)29)25(21(28)13-23(2,3)4)15-17-6-5-11-24-14-17/h5-11,14,19H,12-13,15H2,1-4H3. The van der Waals surface area contributed by atoms with Gasteiger partial charge in [-0.2, -0.15) is 0 Å². The van der Waals surface area contributed by atoms with Crippen LogP contribution in [0.4, 0.5) is 5.69 Å². The number of amides is 3. The molecule has 0 aliphatic carbocycles. The molecule has 1 aromatic carbocycles. The molecule has 6 heteroatoms. The molecule has 6 nitrogen and oxygen atoms in total. The van der Waals surface area contributed by atoms with Gasteiger partial charge in [0.05, 0.1) is 12.1 Å². The molecule has 1 aromatic heterocycles. The summed E-state index contributed by atoms with van der Waals surface area (Å²) in [6.07, 6.45) is 3.61. The minimum Gasteiger partial charge on any atom is -0.326 e. The summed E-state index contributed by atoms with van der Waals surface area (Å²) in [6, 6.07) is 10.1. The number of anilines is 1. The highest BCUT2D eigenvalue weighted by Gasteiger charge is 2.44. The number of hydrogen-bond acceptors (Lipinski definition) is 4. The first-order chi connectivity index (χ1) is 13.7. The molecule has 1 unspecified atom stereocenters. The van der Waals surface area contributed by atoms with Crippen LogP contribution < -0.4 is 4.90 Å². The van der Waals surface area contributed by atoms with Crippen LogP contribution in [0, 0.1) is 12.3 Å². The average molecular weight is 393 g/mol. The highest BCUT2D eigenvalue weighted by atomic mass is 16.2. The molecule has 1 saturated heterocycles. The number of aromatic nitrogens is 1. The molecule has 3 rings (SSSR count). The van der Waals surface area contributed by atoms with E-state index in [1.807, 2.05) is 45.9 Å². The number of rotatable bonds is 5. The second-order valence-corrected chi connectivity index (χ2v) is 8.74. The van der Waals surface area contributed by atoms with E-state index in [9.17, 15) is 14.4 Å². The zero-order valence-corrected chi connectivity index (χ0v) is 17.4. The third-order valence-corrected chi connectivity index (χ3v) is 4.87. The number of benzene rings is 1. The minimum atomic E-state index is -0.807. The summed E-state index contributed by atoms with van der Waals surface area (Å²) in [5.74, 6) is -0.785. The van der Waals surface area contributed by atoms with Crippen LogP contribution in [0.3, 0.4) is 0 Å². The van der Waals surface area contributed by atoms with Gasteiger partial charge >= 0.3 is 0 Å². The molecule has 152 valence electrons. The van der Waals surface area contributed by atoms with E-state index in [1.165, 1.54) is 9.80 Å². The summed E-state index contributed by atoms with van der Waals surface area (Å²) < 4.78 is 0. The van der Waals surface area contributed by atoms with Crippen molar-refractivity contribution in [3.63, 3.8) is 0 Å². The van der Waals surface area contributed by atoms with Crippen LogP contribution in [0.1, 0.15) is 44.7 Å². The summed E-state index contributed by atoms with van der Waals surface area (Å²) in [6.45, 7) is 8.13. The number of carbonyl (C=O) groups is 3. The maximum atomic E-state index is 13.2. The average Bonchev–Trinajstić information content (AvgIpc) is 2.94. The molecule has 3 amide bonds. The molecule has 2 aromatic rings. The van der Waals surface area contributed by atoms with Gasteiger partial charge in [-0.05, 0) is 36.1 Å². The molecule has 1 fully saturated rings. The van der Waals surface area contributed by atoms with E-state index in [4.69, 9.17) is 0 Å². The van der Waals surface area contributed by atoms with E-state index >= 15 is 0 Å². The van der Waals surface area contributed by atoms with Crippen molar-refractivity contribution >= 4 is 23.4 Å². The highest BCUT2D eigenvalue weighted by Crippen LogP contribution is 2.29. The fourth-order valence-corrected chi connectivity index (χ4v) is 3.44. The van der Waals surface area contributed by atoms with Crippen LogP contribution in [0.5, 0.6) is 0 Å². The first-order valence-corrected chi connectivity index (χ1v) is 9.77. The molecule has 0 bridgehead atoms. The van der Waals surface area contributed by atoms with Gasteiger partial charge in [0, 0.05) is 25.4 Å². The summed E-state index contributed by atoms with van der Waals surface area (Å²) in [7, 11) is 0. The SMILES string of the molecule is Cc1ccc(N2C(=O)CC(N(Cc3cccnc3)C(=O)CC(C)(C)C)C2=O)cc1. The Bertz CT molecular complexity index is 901. The van der Waals surface area contributed by atoms with Crippen molar-refractivity contribution in [1.29, 1.82) is 0 Å². The van der Waals surface area contributed by atoms with Gasteiger partial charge in [-0.1, -0.05) is 44.5 Å². The van der Waals surface area contributed by atoms with Crippen LogP contribution in [0.15, 0.2) is 48.8 Å². The lowest BCUT2D eigenvalue weighted by atomic mass is 9.91. The van der Waals surface area contributed by atoms with Crippen LogP contribution in [0.25, 0.3) is 0 Å². The van der Waals surface area contributed by atoms with E-state index < -0.39 is 6.04 Å². The molecule has 1 atom stereocenters. The number of aryl methyl sites for hydroxylation is 1. The second kappa shape index (κ2) is 8.15. The van der Waals surface area contributed by atoms with E-state index in [1.54, 1.807) is 30.6 Å². The third kappa shape index (κ3) is 4.88. The molecule has 1 aliphatic rings. The number of carbonyl (C=O) groups excluding carboxylic acids is 3. The Morgan fingerprint density at radius 2 is 1.86 bits per heavy atom. The lowest BCUT2D eigenvalue weighted by Gasteiger charge is -2.30. The number of hydrogen-bond donors (Lipinski definition) is 0. The van der Waals surface area contributed by atoms with Gasteiger partial charge in [0.25, 0.3) is 5.91 Å². The van der Waals surface area contributed by atoms with Crippen LogP contribution in [-0.2, 0) is 20.9 Å². The zero-order chi connectivity index (χ0) is 21.2. The zero-order valence-electron chi connectivity index (χ0n) is 17.4. The Morgan fingerprint density at radius 1 is 1.17 bits per heavy atom. The first-order valence-electron chi connectivity index (χ1n) is 9.77. The van der Waals surface area contributed by atoms with Crippen LogP contribution in [0.2, 0.25) is 0 Å². The Kier molecular flexibility index (Phi) is 5.82. The predicted molar refractivity (Wildman–Crippen MR) is 111 cm³/mol. The largest absolute Gasteiger partial charge is 0.326 e. The summed E-state index contributed by atoms with van der Waals surface area (Å²) in [5.41, 5.74) is 2.18.